The van der Waals surface area contributed by atoms with Crippen molar-refractivity contribution in [3.8, 4) is 0 Å². The lowest BCUT2D eigenvalue weighted by Gasteiger charge is -2.27. The summed E-state index contributed by atoms with van der Waals surface area (Å²) in [5, 5.41) is 9.89. The molecule has 0 radical (unpaired) electrons. The molecule has 0 aromatic carbocycles. The van der Waals surface area contributed by atoms with E-state index < -0.39 is 18.1 Å². The van der Waals surface area contributed by atoms with Crippen LogP contribution in [0, 0.1) is 0 Å². The van der Waals surface area contributed by atoms with E-state index in [1.54, 1.807) is 17.0 Å². The van der Waals surface area contributed by atoms with Gasteiger partial charge in [-0.3, -0.25) is 4.79 Å². The maximum Gasteiger partial charge on any atom is 0.242 e. The van der Waals surface area contributed by atoms with Crippen molar-refractivity contribution < 1.29 is 9.90 Å². The van der Waals surface area contributed by atoms with Crippen LogP contribution in [0.15, 0.2) is 12.1 Å². The van der Waals surface area contributed by atoms with E-state index in [9.17, 15) is 9.90 Å². The molecule has 2 unspecified atom stereocenters. The van der Waals surface area contributed by atoms with Crippen LogP contribution < -0.4 is 27.0 Å². The lowest BCUT2D eigenvalue weighted by Crippen LogP contribution is -2.46. The molecule has 2 atom stereocenters. The summed E-state index contributed by atoms with van der Waals surface area (Å²) in [5.41, 5.74) is 17.4. The van der Waals surface area contributed by atoms with Gasteiger partial charge in [-0.15, -0.1) is 0 Å². The number of nitrogens with two attached hydrogens (primary N) is 3. The molecule has 8 heteroatoms. The summed E-state index contributed by atoms with van der Waals surface area (Å²) in [6, 6.07) is 2.70. The number of carbonyl (C=O) groups is 1. The van der Waals surface area contributed by atoms with E-state index >= 15 is 0 Å². The van der Waals surface area contributed by atoms with Crippen LogP contribution in [0.2, 0.25) is 0 Å². The van der Waals surface area contributed by atoms with Crippen molar-refractivity contribution >= 4 is 23.2 Å². The molecule has 0 saturated carbocycles. The number of aliphatic hydroxyl groups is 1. The van der Waals surface area contributed by atoms with Gasteiger partial charge in [-0.25, -0.2) is 4.98 Å². The molecule has 7 N–H and O–H groups in total. The van der Waals surface area contributed by atoms with Gasteiger partial charge in [0.1, 0.15) is 11.9 Å². The van der Waals surface area contributed by atoms with Crippen molar-refractivity contribution in [2.24, 2.45) is 11.5 Å². The zero-order valence-electron chi connectivity index (χ0n) is 12.1. The van der Waals surface area contributed by atoms with Gasteiger partial charge in [0, 0.05) is 26.7 Å². The second-order valence-electron chi connectivity index (χ2n) is 5.19. The summed E-state index contributed by atoms with van der Waals surface area (Å²) in [5.74, 6) is 0.612. The minimum atomic E-state index is -0.771. The number of hydrogen-bond donors (Lipinski definition) is 4. The normalized spacial score (nSPS) is 21.6. The molecule has 21 heavy (non-hydrogen) atoms. The second kappa shape index (κ2) is 6.15. The van der Waals surface area contributed by atoms with Crippen LogP contribution in [-0.4, -0.2) is 54.8 Å². The Morgan fingerprint density at radius 3 is 2.90 bits per heavy atom. The fraction of sp³-hybridized carbons (Fsp3) is 0.538. The van der Waals surface area contributed by atoms with E-state index in [0.29, 0.717) is 43.4 Å². The van der Waals surface area contributed by atoms with E-state index in [1.807, 2.05) is 11.9 Å². The first-order valence-electron chi connectivity index (χ1n) is 6.87. The van der Waals surface area contributed by atoms with Gasteiger partial charge in [0.25, 0.3) is 0 Å². The number of primary amides is 1. The number of amides is 1. The van der Waals surface area contributed by atoms with Crippen LogP contribution >= 0.6 is 0 Å². The molecule has 2 heterocycles. The van der Waals surface area contributed by atoms with Crippen LogP contribution in [0.5, 0.6) is 0 Å². The van der Waals surface area contributed by atoms with E-state index in [1.165, 1.54) is 0 Å². The molecule has 2 rings (SSSR count). The van der Waals surface area contributed by atoms with Crippen LogP contribution in [0.25, 0.3) is 0 Å². The van der Waals surface area contributed by atoms with Gasteiger partial charge in [0.15, 0.2) is 5.82 Å². The second-order valence-corrected chi connectivity index (χ2v) is 5.19. The van der Waals surface area contributed by atoms with Crippen molar-refractivity contribution in [1.29, 1.82) is 0 Å². The fourth-order valence-electron chi connectivity index (χ4n) is 2.59. The maximum absolute atomic E-state index is 11.5. The lowest BCUT2D eigenvalue weighted by molar-refractivity contribution is -0.120. The summed E-state index contributed by atoms with van der Waals surface area (Å²) in [7, 11) is 1.85. The summed E-state index contributed by atoms with van der Waals surface area (Å²) >= 11 is 0. The predicted molar refractivity (Wildman–Crippen MR) is 81.9 cm³/mol. The Balaban J connectivity index is 2.32. The van der Waals surface area contributed by atoms with Crippen molar-refractivity contribution in [3.63, 3.8) is 0 Å². The third kappa shape index (κ3) is 3.01. The number of nitrogens with zero attached hydrogens (tertiary/aromatic N) is 3. The summed E-state index contributed by atoms with van der Waals surface area (Å²) in [6.07, 6.45) is -0.291. The first-order valence-corrected chi connectivity index (χ1v) is 6.87. The number of aromatic nitrogens is 1. The van der Waals surface area contributed by atoms with E-state index in [-0.39, 0.29) is 0 Å². The molecule has 0 aliphatic carbocycles. The highest BCUT2D eigenvalue weighted by molar-refractivity contribution is 5.85. The summed E-state index contributed by atoms with van der Waals surface area (Å²) in [4.78, 5) is 19.6. The predicted octanol–water partition coefficient (Wildman–Crippen LogP) is -1.52. The van der Waals surface area contributed by atoms with Gasteiger partial charge in [-0.05, 0) is 18.6 Å². The average Bonchev–Trinajstić information content (AvgIpc) is 2.81. The quantitative estimate of drug-likeness (QED) is 0.518. The van der Waals surface area contributed by atoms with Crippen LogP contribution in [0.4, 0.5) is 17.3 Å². The summed E-state index contributed by atoms with van der Waals surface area (Å²) < 4.78 is 0. The molecule has 1 aromatic rings. The van der Waals surface area contributed by atoms with Gasteiger partial charge >= 0.3 is 0 Å². The molecule has 0 bridgehead atoms. The number of pyridine rings is 1. The molecule has 1 aliphatic rings. The monoisotopic (exact) mass is 294 g/mol. The standard InChI is InChI=1S/C13H22N6O2/c1-18(7-5-14)13-8(15)2-3-10(17-13)19-6-4-9(20)11(19)12(16)21/h2-3,9,11,20H,4-7,14-15H2,1H3,(H2,16,21). The van der Waals surface area contributed by atoms with Crippen molar-refractivity contribution in [2.75, 3.05) is 42.2 Å². The van der Waals surface area contributed by atoms with E-state index in [4.69, 9.17) is 17.2 Å². The molecular weight excluding hydrogens is 272 g/mol. The third-order valence-electron chi connectivity index (χ3n) is 3.67. The van der Waals surface area contributed by atoms with Crippen molar-refractivity contribution in [1.82, 2.24) is 4.98 Å². The minimum absolute atomic E-state index is 0.480. The van der Waals surface area contributed by atoms with E-state index in [2.05, 4.69) is 4.98 Å². The van der Waals surface area contributed by atoms with Crippen LogP contribution in [0.1, 0.15) is 6.42 Å². The molecular formula is C13H22N6O2. The van der Waals surface area contributed by atoms with Gasteiger partial charge in [0.05, 0.1) is 11.8 Å². The molecule has 0 spiro atoms. The van der Waals surface area contributed by atoms with Crippen molar-refractivity contribution in [3.05, 3.63) is 12.1 Å². The van der Waals surface area contributed by atoms with Crippen LogP contribution in [0.3, 0.4) is 0 Å². The zero-order valence-corrected chi connectivity index (χ0v) is 12.1. The molecule has 8 nitrogen and oxygen atoms in total. The highest BCUT2D eigenvalue weighted by Crippen LogP contribution is 2.28. The van der Waals surface area contributed by atoms with Gasteiger partial charge in [-0.2, -0.15) is 0 Å². The topological polar surface area (TPSA) is 135 Å². The molecule has 116 valence electrons. The number of nitrogen functional groups attached to an aromatic ring is 1. The Bertz CT molecular complexity index is 523. The molecule has 1 aliphatic heterocycles. The first-order chi connectivity index (χ1) is 9.95. The van der Waals surface area contributed by atoms with Gasteiger partial charge in [-0.1, -0.05) is 0 Å². The Labute approximate surface area is 123 Å². The number of aliphatic hydroxyl groups excluding tert-OH is 1. The Morgan fingerprint density at radius 1 is 1.57 bits per heavy atom. The smallest absolute Gasteiger partial charge is 0.242 e. The highest BCUT2D eigenvalue weighted by atomic mass is 16.3. The Hall–Kier alpha value is -2.06. The zero-order chi connectivity index (χ0) is 15.6. The SMILES string of the molecule is CN(CCN)c1nc(N2CCC(O)C2C(N)=O)ccc1N. The van der Waals surface area contributed by atoms with Crippen molar-refractivity contribution in [2.45, 2.75) is 18.6 Å². The molecule has 1 saturated heterocycles. The maximum atomic E-state index is 11.5. The van der Waals surface area contributed by atoms with Gasteiger partial charge < -0.3 is 32.1 Å². The largest absolute Gasteiger partial charge is 0.396 e. The van der Waals surface area contributed by atoms with Gasteiger partial charge in [0.2, 0.25) is 5.91 Å². The average molecular weight is 294 g/mol. The Morgan fingerprint density at radius 2 is 2.29 bits per heavy atom. The fourth-order valence-corrected chi connectivity index (χ4v) is 2.59. The highest BCUT2D eigenvalue weighted by Gasteiger charge is 2.38. The van der Waals surface area contributed by atoms with Crippen LogP contribution in [-0.2, 0) is 4.79 Å². The molecule has 1 fully saturated rings. The third-order valence-corrected chi connectivity index (χ3v) is 3.67. The molecule has 1 aromatic heterocycles. The number of hydrogen-bond acceptors (Lipinski definition) is 7. The summed E-state index contributed by atoms with van der Waals surface area (Å²) in [6.45, 7) is 1.61. The minimum Gasteiger partial charge on any atom is -0.396 e. The first kappa shape index (κ1) is 15.3. The number of likely N-dealkylation sites (N-methyl/N-ethyl adjacent to an activating group) is 1. The van der Waals surface area contributed by atoms with E-state index in [0.717, 1.165) is 0 Å². The molecule has 1 amide bonds. The number of rotatable bonds is 5. The lowest BCUT2D eigenvalue weighted by atomic mass is 10.1. The number of anilines is 3. The number of carbonyl (C=O) groups excluding carboxylic acids is 1. The Kier molecular flexibility index (Phi) is 4.49.